The van der Waals surface area contributed by atoms with Gasteiger partial charge in [0.15, 0.2) is 0 Å². The van der Waals surface area contributed by atoms with E-state index >= 15 is 0 Å². The Bertz CT molecular complexity index is 937. The Morgan fingerprint density at radius 3 is 2.57 bits per heavy atom. The van der Waals surface area contributed by atoms with Crippen molar-refractivity contribution in [2.24, 2.45) is 0 Å². The fourth-order valence-corrected chi connectivity index (χ4v) is 3.53. The maximum absolute atomic E-state index is 13.2. The van der Waals surface area contributed by atoms with E-state index in [-0.39, 0.29) is 23.2 Å². The molecule has 6 nitrogen and oxygen atoms in total. The van der Waals surface area contributed by atoms with Crippen molar-refractivity contribution in [2.75, 3.05) is 6.54 Å². The van der Waals surface area contributed by atoms with Gasteiger partial charge in [-0.2, -0.15) is 0 Å². The number of halogens is 1. The van der Waals surface area contributed by atoms with E-state index in [9.17, 15) is 18.8 Å². The van der Waals surface area contributed by atoms with E-state index in [1.165, 1.54) is 23.6 Å². The van der Waals surface area contributed by atoms with Crippen LogP contribution in [0, 0.1) is 5.82 Å². The molecule has 1 aliphatic heterocycles. The number of amides is 2. The first-order valence-electron chi connectivity index (χ1n) is 9.45. The summed E-state index contributed by atoms with van der Waals surface area (Å²) in [5, 5.41) is 2.73. The number of carbonyl (C=O) groups is 2. The Hall–Kier alpha value is -2.96. The van der Waals surface area contributed by atoms with Crippen LogP contribution in [0.1, 0.15) is 37.8 Å². The van der Waals surface area contributed by atoms with Crippen LogP contribution in [0.15, 0.2) is 41.3 Å². The highest BCUT2D eigenvalue weighted by Gasteiger charge is 2.28. The summed E-state index contributed by atoms with van der Waals surface area (Å²) in [5.74, 6) is -0.706. The lowest BCUT2D eigenvalue weighted by atomic mass is 10.0. The minimum Gasteiger partial charge on any atom is -0.345 e. The molecule has 2 heterocycles. The smallest absolute Gasteiger partial charge is 0.255 e. The van der Waals surface area contributed by atoms with Crippen molar-refractivity contribution in [3.05, 3.63) is 63.8 Å². The molecule has 0 bridgehead atoms. The number of nitrogens with one attached hydrogen (secondary N) is 1. The second-order valence-corrected chi connectivity index (χ2v) is 7.06. The molecule has 1 atom stereocenters. The molecule has 0 aliphatic carbocycles. The molecule has 0 fully saturated rings. The van der Waals surface area contributed by atoms with E-state index in [0.29, 0.717) is 31.6 Å². The monoisotopic (exact) mass is 385 g/mol. The summed E-state index contributed by atoms with van der Waals surface area (Å²) in [6.07, 6.45) is 3.67. The van der Waals surface area contributed by atoms with Crippen LogP contribution < -0.4 is 10.9 Å². The van der Waals surface area contributed by atoms with Gasteiger partial charge in [-0.3, -0.25) is 19.0 Å². The van der Waals surface area contributed by atoms with Gasteiger partial charge in [0.1, 0.15) is 11.9 Å². The van der Waals surface area contributed by atoms with E-state index in [4.69, 9.17) is 0 Å². The Labute approximate surface area is 163 Å². The number of aromatic nitrogens is 1. The molecule has 0 spiro atoms. The molecular weight excluding hydrogens is 361 g/mol. The first-order chi connectivity index (χ1) is 13.4. The molecule has 2 amide bonds. The van der Waals surface area contributed by atoms with Crippen molar-refractivity contribution in [2.45, 2.75) is 45.7 Å². The lowest BCUT2D eigenvalue weighted by Crippen LogP contribution is -2.49. The molecule has 1 aromatic heterocycles. The number of fused-ring (bicyclic) bond motifs is 1. The lowest BCUT2D eigenvalue weighted by Gasteiger charge is -2.32. The number of pyridine rings is 1. The van der Waals surface area contributed by atoms with Crippen molar-refractivity contribution >= 4 is 11.8 Å². The zero-order chi connectivity index (χ0) is 20.3. The maximum atomic E-state index is 13.2. The molecule has 2 aromatic rings. The lowest BCUT2D eigenvalue weighted by molar-refractivity contribution is -0.137. The van der Waals surface area contributed by atoms with Crippen molar-refractivity contribution in [1.29, 1.82) is 0 Å². The van der Waals surface area contributed by atoms with E-state index in [0.717, 1.165) is 17.5 Å². The molecule has 148 valence electrons. The molecule has 0 saturated heterocycles. The maximum Gasteiger partial charge on any atom is 0.255 e. The highest BCUT2D eigenvalue weighted by molar-refractivity contribution is 5.87. The van der Waals surface area contributed by atoms with Crippen LogP contribution in [0.5, 0.6) is 0 Å². The minimum atomic E-state index is -0.535. The van der Waals surface area contributed by atoms with E-state index in [2.05, 4.69) is 5.32 Å². The third-order valence-electron chi connectivity index (χ3n) is 4.91. The summed E-state index contributed by atoms with van der Waals surface area (Å²) in [6.45, 7) is 4.25. The number of hydrogen-bond acceptors (Lipinski definition) is 3. The summed E-state index contributed by atoms with van der Waals surface area (Å²) in [5.41, 5.74) is 2.17. The second kappa shape index (κ2) is 8.37. The van der Waals surface area contributed by atoms with Gasteiger partial charge < -0.3 is 10.2 Å². The van der Waals surface area contributed by atoms with Gasteiger partial charge in [0.2, 0.25) is 11.8 Å². The number of benzene rings is 1. The standard InChI is InChI=1S/C21H24FN3O3/c1-3-4-19(23-14(2)26)21(28)24-10-9-15-11-20(27)25(13-16(15)12-24)18-7-5-17(22)6-8-18/h5-8,11,13,19H,3-4,9-10,12H2,1-2H3,(H,23,26). The molecule has 1 unspecified atom stereocenters. The molecular formula is C21H24FN3O3. The van der Waals surface area contributed by atoms with E-state index in [1.807, 2.05) is 6.92 Å². The third-order valence-corrected chi connectivity index (χ3v) is 4.91. The summed E-state index contributed by atoms with van der Waals surface area (Å²) in [6, 6.07) is 6.75. The SMILES string of the molecule is CCCC(NC(C)=O)C(=O)N1CCc2cc(=O)n(-c3ccc(F)cc3)cc2C1. The van der Waals surface area contributed by atoms with Gasteiger partial charge in [0.05, 0.1) is 0 Å². The van der Waals surface area contributed by atoms with E-state index in [1.54, 1.807) is 29.3 Å². The van der Waals surface area contributed by atoms with Crippen LogP contribution in [0.2, 0.25) is 0 Å². The molecule has 1 N–H and O–H groups in total. The highest BCUT2D eigenvalue weighted by atomic mass is 19.1. The van der Waals surface area contributed by atoms with Gasteiger partial charge in [-0.25, -0.2) is 4.39 Å². The summed E-state index contributed by atoms with van der Waals surface area (Å²) in [7, 11) is 0. The van der Waals surface area contributed by atoms with Crippen LogP contribution in [-0.4, -0.2) is 33.9 Å². The highest BCUT2D eigenvalue weighted by Crippen LogP contribution is 2.20. The number of nitrogens with zero attached hydrogens (tertiary/aromatic N) is 2. The van der Waals surface area contributed by atoms with Gasteiger partial charge in [-0.15, -0.1) is 0 Å². The first kappa shape index (κ1) is 19.8. The molecule has 0 saturated carbocycles. The predicted octanol–water partition coefficient (Wildman–Crippen LogP) is 2.17. The number of hydrogen-bond donors (Lipinski definition) is 1. The average Bonchev–Trinajstić information content (AvgIpc) is 2.66. The van der Waals surface area contributed by atoms with Crippen LogP contribution in [-0.2, 0) is 22.6 Å². The molecule has 1 aliphatic rings. The molecule has 28 heavy (non-hydrogen) atoms. The van der Waals surface area contributed by atoms with Crippen LogP contribution in [0.4, 0.5) is 4.39 Å². The summed E-state index contributed by atoms with van der Waals surface area (Å²) < 4.78 is 14.6. The minimum absolute atomic E-state index is 0.109. The zero-order valence-corrected chi connectivity index (χ0v) is 16.1. The van der Waals surface area contributed by atoms with Crippen LogP contribution >= 0.6 is 0 Å². The Kier molecular flexibility index (Phi) is 5.92. The molecule has 7 heteroatoms. The van der Waals surface area contributed by atoms with Crippen LogP contribution in [0.25, 0.3) is 5.69 Å². The number of carbonyl (C=O) groups excluding carboxylic acids is 2. The number of rotatable bonds is 5. The predicted molar refractivity (Wildman–Crippen MR) is 104 cm³/mol. The molecule has 3 rings (SSSR count). The topological polar surface area (TPSA) is 71.4 Å². The Balaban J connectivity index is 1.86. The van der Waals surface area contributed by atoms with Gasteiger partial charge >= 0.3 is 0 Å². The Morgan fingerprint density at radius 2 is 1.93 bits per heavy atom. The Morgan fingerprint density at radius 1 is 1.21 bits per heavy atom. The van der Waals surface area contributed by atoms with Crippen molar-refractivity contribution in [3.63, 3.8) is 0 Å². The van der Waals surface area contributed by atoms with Crippen molar-refractivity contribution < 1.29 is 14.0 Å². The van der Waals surface area contributed by atoms with Crippen molar-refractivity contribution in [1.82, 2.24) is 14.8 Å². The average molecular weight is 385 g/mol. The van der Waals surface area contributed by atoms with Gasteiger partial charge in [-0.05, 0) is 48.2 Å². The second-order valence-electron chi connectivity index (χ2n) is 7.06. The normalized spacial score (nSPS) is 14.3. The zero-order valence-electron chi connectivity index (χ0n) is 16.1. The van der Waals surface area contributed by atoms with Crippen LogP contribution in [0.3, 0.4) is 0 Å². The quantitative estimate of drug-likeness (QED) is 0.857. The molecule has 1 aromatic carbocycles. The van der Waals surface area contributed by atoms with E-state index < -0.39 is 6.04 Å². The summed E-state index contributed by atoms with van der Waals surface area (Å²) in [4.78, 5) is 38.5. The third kappa shape index (κ3) is 4.30. The van der Waals surface area contributed by atoms with Gasteiger partial charge in [0, 0.05) is 38.0 Å². The fourth-order valence-electron chi connectivity index (χ4n) is 3.53. The fraction of sp³-hybridized carbons (Fsp3) is 0.381. The largest absolute Gasteiger partial charge is 0.345 e. The first-order valence-corrected chi connectivity index (χ1v) is 9.45. The van der Waals surface area contributed by atoms with Gasteiger partial charge in [-0.1, -0.05) is 13.3 Å². The molecule has 0 radical (unpaired) electrons. The summed E-state index contributed by atoms with van der Waals surface area (Å²) >= 11 is 0. The van der Waals surface area contributed by atoms with Gasteiger partial charge in [0.25, 0.3) is 5.56 Å². The van der Waals surface area contributed by atoms with Crippen molar-refractivity contribution in [3.8, 4) is 5.69 Å².